The Balaban J connectivity index is 2.18. The first-order valence-corrected chi connectivity index (χ1v) is 6.76. The summed E-state index contributed by atoms with van der Waals surface area (Å²) >= 11 is 0. The first-order valence-electron chi connectivity index (χ1n) is 6.76. The molecule has 1 saturated carbocycles. The zero-order valence-electron chi connectivity index (χ0n) is 10.9. The van der Waals surface area contributed by atoms with Crippen molar-refractivity contribution in [2.45, 2.75) is 64.2 Å². The Morgan fingerprint density at radius 2 is 1.69 bits per heavy atom. The van der Waals surface area contributed by atoms with E-state index in [1.54, 1.807) is 5.56 Å². The van der Waals surface area contributed by atoms with Crippen molar-refractivity contribution in [1.82, 2.24) is 0 Å². The number of hydrogen-bond donors (Lipinski definition) is 0. The summed E-state index contributed by atoms with van der Waals surface area (Å²) in [6, 6.07) is 9.42. The summed E-state index contributed by atoms with van der Waals surface area (Å²) < 4.78 is 0. The van der Waals surface area contributed by atoms with Gasteiger partial charge in [0.2, 0.25) is 0 Å². The molecule has 1 aliphatic carbocycles. The third-order valence-corrected chi connectivity index (χ3v) is 4.50. The van der Waals surface area contributed by atoms with Crippen LogP contribution in [0.3, 0.4) is 0 Å². The first kappa shape index (κ1) is 11.7. The van der Waals surface area contributed by atoms with Crippen LogP contribution in [0.4, 0.5) is 0 Å². The molecule has 1 unspecified atom stereocenters. The van der Waals surface area contributed by atoms with E-state index in [1.165, 1.54) is 37.7 Å². The number of rotatable bonds is 3. The second-order valence-electron chi connectivity index (χ2n) is 5.70. The van der Waals surface area contributed by atoms with E-state index in [0.29, 0.717) is 11.3 Å². The van der Waals surface area contributed by atoms with Crippen LogP contribution in [0.25, 0.3) is 0 Å². The smallest absolute Gasteiger partial charge is 0.00752 e. The van der Waals surface area contributed by atoms with E-state index in [4.69, 9.17) is 0 Å². The third kappa shape index (κ3) is 2.16. The molecule has 1 fully saturated rings. The highest BCUT2D eigenvalue weighted by Gasteiger charge is 2.30. The van der Waals surface area contributed by atoms with Gasteiger partial charge in [-0.25, -0.2) is 0 Å². The van der Waals surface area contributed by atoms with Crippen molar-refractivity contribution in [3.05, 3.63) is 35.4 Å². The van der Waals surface area contributed by atoms with Crippen molar-refractivity contribution < 1.29 is 0 Å². The van der Waals surface area contributed by atoms with Crippen LogP contribution in [-0.4, -0.2) is 0 Å². The Morgan fingerprint density at radius 1 is 1.12 bits per heavy atom. The third-order valence-electron chi connectivity index (χ3n) is 4.50. The monoisotopic (exact) mass is 216 g/mol. The number of benzene rings is 1. The Bertz CT molecular complexity index is 328. The van der Waals surface area contributed by atoms with Crippen molar-refractivity contribution in [2.75, 3.05) is 0 Å². The second-order valence-corrected chi connectivity index (χ2v) is 5.70. The van der Waals surface area contributed by atoms with Crippen LogP contribution in [-0.2, 0) is 5.41 Å². The Kier molecular flexibility index (Phi) is 3.37. The molecule has 0 aromatic heterocycles. The van der Waals surface area contributed by atoms with E-state index in [1.807, 2.05) is 0 Å². The van der Waals surface area contributed by atoms with Crippen LogP contribution < -0.4 is 0 Å². The minimum atomic E-state index is 0.466. The van der Waals surface area contributed by atoms with Gasteiger partial charge in [-0.1, -0.05) is 57.9 Å². The molecular formula is C16H24. The highest BCUT2D eigenvalue weighted by molar-refractivity contribution is 5.30. The fraction of sp³-hybridized carbons (Fsp3) is 0.625. The lowest BCUT2D eigenvalue weighted by atomic mass is 9.80. The van der Waals surface area contributed by atoms with Crippen molar-refractivity contribution >= 4 is 0 Å². The van der Waals surface area contributed by atoms with Gasteiger partial charge < -0.3 is 0 Å². The van der Waals surface area contributed by atoms with Crippen molar-refractivity contribution in [3.63, 3.8) is 0 Å². The maximum absolute atomic E-state index is 2.43. The van der Waals surface area contributed by atoms with Gasteiger partial charge in [0.05, 0.1) is 0 Å². The van der Waals surface area contributed by atoms with Gasteiger partial charge in [-0.2, -0.15) is 0 Å². The average molecular weight is 216 g/mol. The molecule has 2 rings (SSSR count). The van der Waals surface area contributed by atoms with Crippen LogP contribution in [0.15, 0.2) is 24.3 Å². The summed E-state index contributed by atoms with van der Waals surface area (Å²) in [5, 5.41) is 0. The SMILES string of the molecule is CCC(C)c1ccc(C2(C)CCCC2)cc1. The molecule has 0 bridgehead atoms. The average Bonchev–Trinajstić information content (AvgIpc) is 2.77. The van der Waals surface area contributed by atoms with Gasteiger partial charge >= 0.3 is 0 Å². The molecule has 0 N–H and O–H groups in total. The molecule has 0 saturated heterocycles. The second kappa shape index (κ2) is 4.61. The topological polar surface area (TPSA) is 0 Å². The van der Waals surface area contributed by atoms with E-state index in [0.717, 1.165) is 0 Å². The summed E-state index contributed by atoms with van der Waals surface area (Å²) in [4.78, 5) is 0. The molecule has 0 nitrogen and oxygen atoms in total. The van der Waals surface area contributed by atoms with E-state index in [2.05, 4.69) is 45.0 Å². The van der Waals surface area contributed by atoms with E-state index < -0.39 is 0 Å². The molecule has 88 valence electrons. The van der Waals surface area contributed by atoms with E-state index in [9.17, 15) is 0 Å². The molecule has 0 radical (unpaired) electrons. The molecule has 1 atom stereocenters. The maximum atomic E-state index is 2.43. The highest BCUT2D eigenvalue weighted by Crippen LogP contribution is 2.40. The van der Waals surface area contributed by atoms with Crippen molar-refractivity contribution in [3.8, 4) is 0 Å². The fourth-order valence-electron chi connectivity index (χ4n) is 2.89. The molecule has 0 heteroatoms. The van der Waals surface area contributed by atoms with Gasteiger partial charge in [0, 0.05) is 0 Å². The van der Waals surface area contributed by atoms with E-state index >= 15 is 0 Å². The van der Waals surface area contributed by atoms with Crippen molar-refractivity contribution in [2.24, 2.45) is 0 Å². The quantitative estimate of drug-likeness (QED) is 0.664. The highest BCUT2D eigenvalue weighted by atomic mass is 14.3. The van der Waals surface area contributed by atoms with E-state index in [-0.39, 0.29) is 0 Å². The van der Waals surface area contributed by atoms with Crippen molar-refractivity contribution in [1.29, 1.82) is 0 Å². The molecule has 0 spiro atoms. The molecule has 1 aromatic carbocycles. The normalized spacial score (nSPS) is 20.9. The Labute approximate surface area is 100 Å². The van der Waals surface area contributed by atoms with Crippen LogP contribution in [0.2, 0.25) is 0 Å². The summed E-state index contributed by atoms with van der Waals surface area (Å²) in [5.41, 5.74) is 3.51. The summed E-state index contributed by atoms with van der Waals surface area (Å²) in [6.07, 6.45) is 6.79. The molecule has 1 aliphatic rings. The summed E-state index contributed by atoms with van der Waals surface area (Å²) in [6.45, 7) is 7.00. The predicted molar refractivity (Wildman–Crippen MR) is 71.0 cm³/mol. The van der Waals surface area contributed by atoms with Gasteiger partial charge in [0.15, 0.2) is 0 Å². The lowest BCUT2D eigenvalue weighted by Crippen LogP contribution is -2.16. The van der Waals surface area contributed by atoms with Crippen LogP contribution in [0, 0.1) is 0 Å². The van der Waals surface area contributed by atoms with Gasteiger partial charge in [0.1, 0.15) is 0 Å². The largest absolute Gasteiger partial charge is 0.0648 e. The summed E-state index contributed by atoms with van der Waals surface area (Å²) in [5.74, 6) is 0.699. The lowest BCUT2D eigenvalue weighted by Gasteiger charge is -2.24. The minimum Gasteiger partial charge on any atom is -0.0648 e. The molecule has 1 aromatic rings. The fourth-order valence-corrected chi connectivity index (χ4v) is 2.89. The van der Waals surface area contributed by atoms with Gasteiger partial charge in [-0.05, 0) is 41.7 Å². The zero-order chi connectivity index (χ0) is 11.6. The number of hydrogen-bond acceptors (Lipinski definition) is 0. The van der Waals surface area contributed by atoms with Crippen LogP contribution >= 0.6 is 0 Å². The summed E-state index contributed by atoms with van der Waals surface area (Å²) in [7, 11) is 0. The minimum absolute atomic E-state index is 0.466. The van der Waals surface area contributed by atoms with Gasteiger partial charge in [0.25, 0.3) is 0 Å². The molecular weight excluding hydrogens is 192 g/mol. The molecule has 0 aliphatic heterocycles. The maximum Gasteiger partial charge on any atom is -0.00752 e. The van der Waals surface area contributed by atoms with Crippen LogP contribution in [0.5, 0.6) is 0 Å². The standard InChI is InChI=1S/C16H24/c1-4-13(2)14-7-9-15(10-8-14)16(3)11-5-6-12-16/h7-10,13H,4-6,11-12H2,1-3H3. The lowest BCUT2D eigenvalue weighted by molar-refractivity contribution is 0.491. The molecule has 16 heavy (non-hydrogen) atoms. The molecule has 0 amide bonds. The molecule has 0 heterocycles. The first-order chi connectivity index (χ1) is 7.65. The Morgan fingerprint density at radius 3 is 2.19 bits per heavy atom. The van der Waals surface area contributed by atoms with Gasteiger partial charge in [-0.3, -0.25) is 0 Å². The predicted octanol–water partition coefficient (Wildman–Crippen LogP) is 5.03. The van der Waals surface area contributed by atoms with Gasteiger partial charge in [-0.15, -0.1) is 0 Å². The van der Waals surface area contributed by atoms with Crippen LogP contribution in [0.1, 0.15) is 69.9 Å². The Hall–Kier alpha value is -0.780. The zero-order valence-corrected chi connectivity index (χ0v) is 10.9.